The van der Waals surface area contributed by atoms with Crippen molar-refractivity contribution in [2.24, 2.45) is 0 Å². The molecule has 0 radical (unpaired) electrons. The van der Waals surface area contributed by atoms with E-state index in [1.807, 2.05) is 6.07 Å². The topological polar surface area (TPSA) is 55.1 Å². The summed E-state index contributed by atoms with van der Waals surface area (Å²) in [5.74, 6) is 0.835. The number of fused-ring (bicyclic) bond motifs is 1. The average Bonchev–Trinajstić information content (AvgIpc) is 3.18. The molecule has 0 amide bonds. The van der Waals surface area contributed by atoms with Crippen molar-refractivity contribution in [1.29, 1.82) is 0 Å². The van der Waals surface area contributed by atoms with Gasteiger partial charge < -0.3 is 9.67 Å². The van der Waals surface area contributed by atoms with Crippen LogP contribution in [0.5, 0.6) is 0 Å². The van der Waals surface area contributed by atoms with E-state index in [1.165, 1.54) is 12.8 Å². The molecule has 1 aliphatic carbocycles. The van der Waals surface area contributed by atoms with E-state index < -0.39 is 5.97 Å². The number of carboxylic acid groups (broad SMARTS) is 1. The van der Waals surface area contributed by atoms with Crippen LogP contribution >= 0.6 is 0 Å². The number of hydrogen-bond acceptors (Lipinski definition) is 2. The summed E-state index contributed by atoms with van der Waals surface area (Å²) in [6, 6.07) is 5.25. The number of nitrogens with zero attached hydrogens (tertiary/aromatic N) is 2. The third-order valence-electron chi connectivity index (χ3n) is 3.70. The summed E-state index contributed by atoms with van der Waals surface area (Å²) < 4.78 is 2.28. The summed E-state index contributed by atoms with van der Waals surface area (Å²) in [5.41, 5.74) is 2.20. The largest absolute Gasteiger partial charge is 0.478 e. The number of aryl methyl sites for hydroxylation is 1. The molecule has 0 bridgehead atoms. The van der Waals surface area contributed by atoms with Crippen molar-refractivity contribution in [2.75, 3.05) is 0 Å². The van der Waals surface area contributed by atoms with Crippen molar-refractivity contribution in [1.82, 2.24) is 9.55 Å². The number of rotatable bonds is 5. The lowest BCUT2D eigenvalue weighted by Gasteiger charge is -2.07. The fourth-order valence-electron chi connectivity index (χ4n) is 2.49. The van der Waals surface area contributed by atoms with Gasteiger partial charge >= 0.3 is 5.97 Å². The van der Waals surface area contributed by atoms with Gasteiger partial charge in [-0.05, 0) is 37.5 Å². The number of aromatic nitrogens is 2. The third kappa shape index (κ3) is 2.23. The molecule has 1 heterocycles. The van der Waals surface area contributed by atoms with E-state index in [-0.39, 0.29) is 0 Å². The van der Waals surface area contributed by atoms with Gasteiger partial charge in [0, 0.05) is 12.5 Å². The highest BCUT2D eigenvalue weighted by atomic mass is 16.4. The van der Waals surface area contributed by atoms with Crippen LogP contribution in [-0.2, 0) is 6.54 Å². The summed E-state index contributed by atoms with van der Waals surface area (Å²) in [5, 5.41) is 9.05. The number of unbranched alkanes of at least 4 members (excludes halogenated alkanes) is 1. The molecular formula is C15H18N2O2. The van der Waals surface area contributed by atoms with Crippen molar-refractivity contribution in [3.63, 3.8) is 0 Å². The highest BCUT2D eigenvalue weighted by Gasteiger charge is 2.29. The monoisotopic (exact) mass is 258 g/mol. The summed E-state index contributed by atoms with van der Waals surface area (Å²) in [4.78, 5) is 15.7. The van der Waals surface area contributed by atoms with Gasteiger partial charge in [-0.25, -0.2) is 9.78 Å². The molecule has 0 spiro atoms. The molecule has 3 rings (SSSR count). The minimum atomic E-state index is -0.891. The van der Waals surface area contributed by atoms with Gasteiger partial charge in [0.05, 0.1) is 16.6 Å². The van der Waals surface area contributed by atoms with E-state index in [2.05, 4.69) is 16.5 Å². The summed E-state index contributed by atoms with van der Waals surface area (Å²) >= 11 is 0. The molecule has 1 fully saturated rings. The Morgan fingerprint density at radius 2 is 2.26 bits per heavy atom. The molecule has 2 aromatic rings. The van der Waals surface area contributed by atoms with Crippen molar-refractivity contribution < 1.29 is 9.90 Å². The lowest BCUT2D eigenvalue weighted by atomic mass is 10.2. The maximum Gasteiger partial charge on any atom is 0.335 e. The zero-order chi connectivity index (χ0) is 13.4. The third-order valence-corrected chi connectivity index (χ3v) is 3.70. The predicted molar refractivity (Wildman–Crippen MR) is 73.6 cm³/mol. The molecule has 1 aromatic carbocycles. The number of hydrogen-bond donors (Lipinski definition) is 1. The highest BCUT2D eigenvalue weighted by Crippen LogP contribution is 2.40. The van der Waals surface area contributed by atoms with Gasteiger partial charge in [-0.15, -0.1) is 0 Å². The van der Waals surface area contributed by atoms with Crippen LogP contribution in [0.1, 0.15) is 54.7 Å². The van der Waals surface area contributed by atoms with Crippen LogP contribution in [0.15, 0.2) is 18.2 Å². The van der Waals surface area contributed by atoms with Crippen LogP contribution in [0.4, 0.5) is 0 Å². The molecule has 1 aliphatic rings. The molecule has 0 aliphatic heterocycles. The number of aromatic carboxylic acids is 1. The molecule has 0 saturated heterocycles. The molecular weight excluding hydrogens is 240 g/mol. The second-order valence-corrected chi connectivity index (χ2v) is 5.26. The molecule has 0 unspecified atom stereocenters. The van der Waals surface area contributed by atoms with Crippen molar-refractivity contribution in [3.8, 4) is 0 Å². The molecule has 1 N–H and O–H groups in total. The van der Waals surface area contributed by atoms with Crippen molar-refractivity contribution >= 4 is 17.0 Å². The Kier molecular flexibility index (Phi) is 3.01. The van der Waals surface area contributed by atoms with Gasteiger partial charge in [0.25, 0.3) is 0 Å². The van der Waals surface area contributed by atoms with Crippen LogP contribution in [0, 0.1) is 0 Å². The van der Waals surface area contributed by atoms with Gasteiger partial charge in [-0.1, -0.05) is 13.3 Å². The summed E-state index contributed by atoms with van der Waals surface area (Å²) in [6.45, 7) is 3.16. The molecule has 100 valence electrons. The minimum Gasteiger partial charge on any atom is -0.478 e. The summed E-state index contributed by atoms with van der Waals surface area (Å²) in [7, 11) is 0. The maximum absolute atomic E-state index is 11.0. The van der Waals surface area contributed by atoms with E-state index in [9.17, 15) is 4.79 Å². The average molecular weight is 258 g/mol. The van der Waals surface area contributed by atoms with E-state index in [0.29, 0.717) is 11.5 Å². The molecule has 0 atom stereocenters. The molecule has 4 heteroatoms. The SMILES string of the molecule is CCCCn1c(C2CC2)nc2cc(C(=O)O)ccc21. The number of carbonyl (C=O) groups is 1. The van der Waals surface area contributed by atoms with Gasteiger partial charge in [0.15, 0.2) is 0 Å². The first-order valence-electron chi connectivity index (χ1n) is 6.94. The van der Waals surface area contributed by atoms with E-state index in [4.69, 9.17) is 5.11 Å². The zero-order valence-corrected chi connectivity index (χ0v) is 11.1. The van der Waals surface area contributed by atoms with Crippen LogP contribution in [0.25, 0.3) is 11.0 Å². The van der Waals surface area contributed by atoms with Crippen LogP contribution in [-0.4, -0.2) is 20.6 Å². The Balaban J connectivity index is 2.09. The van der Waals surface area contributed by atoms with E-state index >= 15 is 0 Å². The van der Waals surface area contributed by atoms with Gasteiger partial charge in [0.1, 0.15) is 5.82 Å². The Morgan fingerprint density at radius 3 is 2.89 bits per heavy atom. The predicted octanol–water partition coefficient (Wildman–Crippen LogP) is 3.41. The normalized spacial score (nSPS) is 15.0. The van der Waals surface area contributed by atoms with Crippen LogP contribution in [0.3, 0.4) is 0 Å². The lowest BCUT2D eigenvalue weighted by molar-refractivity contribution is 0.0697. The quantitative estimate of drug-likeness (QED) is 0.894. The van der Waals surface area contributed by atoms with Crippen molar-refractivity contribution in [2.45, 2.75) is 45.1 Å². The fraction of sp³-hybridized carbons (Fsp3) is 0.467. The first kappa shape index (κ1) is 12.2. The number of carboxylic acids is 1. The number of benzene rings is 1. The molecule has 1 saturated carbocycles. The smallest absolute Gasteiger partial charge is 0.335 e. The fourth-order valence-corrected chi connectivity index (χ4v) is 2.49. The lowest BCUT2D eigenvalue weighted by Crippen LogP contribution is -2.02. The van der Waals surface area contributed by atoms with Gasteiger partial charge in [-0.2, -0.15) is 0 Å². The Morgan fingerprint density at radius 1 is 1.47 bits per heavy atom. The standard InChI is InChI=1S/C15H18N2O2/c1-2-3-8-17-13-7-6-11(15(18)19)9-12(13)16-14(17)10-4-5-10/h6-7,9-10H,2-5,8H2,1H3,(H,18,19). The molecule has 19 heavy (non-hydrogen) atoms. The van der Waals surface area contributed by atoms with Crippen molar-refractivity contribution in [3.05, 3.63) is 29.6 Å². The van der Waals surface area contributed by atoms with Crippen LogP contribution in [0.2, 0.25) is 0 Å². The second-order valence-electron chi connectivity index (χ2n) is 5.26. The Labute approximate surface area is 112 Å². The Bertz CT molecular complexity index is 626. The van der Waals surface area contributed by atoms with Crippen LogP contribution < -0.4 is 0 Å². The maximum atomic E-state index is 11.0. The molecule has 1 aromatic heterocycles. The van der Waals surface area contributed by atoms with E-state index in [1.54, 1.807) is 12.1 Å². The Hall–Kier alpha value is -1.84. The summed E-state index contributed by atoms with van der Waals surface area (Å²) in [6.07, 6.45) is 4.70. The zero-order valence-electron chi connectivity index (χ0n) is 11.1. The number of imidazole rings is 1. The van der Waals surface area contributed by atoms with Gasteiger partial charge in [-0.3, -0.25) is 0 Å². The van der Waals surface area contributed by atoms with E-state index in [0.717, 1.165) is 36.2 Å². The minimum absolute atomic E-state index is 0.315. The molecule has 4 nitrogen and oxygen atoms in total. The van der Waals surface area contributed by atoms with Gasteiger partial charge in [0.2, 0.25) is 0 Å². The second kappa shape index (κ2) is 4.68. The first-order valence-corrected chi connectivity index (χ1v) is 6.94. The first-order chi connectivity index (χ1) is 9.20. The highest BCUT2D eigenvalue weighted by molar-refractivity contribution is 5.92.